The molecule has 1 aromatic rings. The van der Waals surface area contributed by atoms with Gasteiger partial charge in [-0.3, -0.25) is 19.3 Å². The number of carbonyl (C=O) groups excluding carboxylic acids is 3. The first-order chi connectivity index (χ1) is 12.8. The minimum atomic E-state index is -3.30. The second-order valence-corrected chi connectivity index (χ2v) is 8.82. The Bertz CT molecular complexity index is 965. The normalized spacial score (nSPS) is 22.9. The van der Waals surface area contributed by atoms with Crippen molar-refractivity contribution in [3.05, 3.63) is 64.4 Å². The van der Waals surface area contributed by atoms with Crippen molar-refractivity contribution in [2.75, 3.05) is 12.3 Å². The average Bonchev–Trinajstić information content (AvgIpc) is 3.09. The Morgan fingerprint density at radius 2 is 2.00 bits per heavy atom. The molecule has 1 fully saturated rings. The maximum Gasteiger partial charge on any atom is 0.294 e. The van der Waals surface area contributed by atoms with Crippen LogP contribution in [0, 0.1) is 0 Å². The topological polar surface area (TPSA) is 101 Å². The molecule has 1 aromatic carbocycles. The fourth-order valence-corrected chi connectivity index (χ4v) is 4.55. The minimum Gasteiger partial charge on any atom is -0.347 e. The van der Waals surface area contributed by atoms with Crippen LogP contribution in [0.4, 0.5) is 4.79 Å². The molecule has 0 aliphatic carbocycles. The Labute approximate surface area is 160 Å². The highest BCUT2D eigenvalue weighted by Gasteiger charge is 2.36. The van der Waals surface area contributed by atoms with Crippen molar-refractivity contribution >= 4 is 44.7 Å². The van der Waals surface area contributed by atoms with E-state index in [9.17, 15) is 22.8 Å². The molecule has 3 rings (SSSR count). The second-order valence-electron chi connectivity index (χ2n) is 5.89. The number of imide groups is 1. The number of nitrogens with one attached hydrogen (secondary N) is 1. The molecular weight excluding hydrogens is 388 g/mol. The number of rotatable bonds is 5. The Kier molecular flexibility index (Phi) is 5.62. The lowest BCUT2D eigenvalue weighted by Gasteiger charge is -2.14. The van der Waals surface area contributed by atoms with Gasteiger partial charge in [0.25, 0.3) is 11.1 Å². The standard InChI is InChI=1S/C18H16N2O5S2/c21-16(19-14-9-10-27(24,25)12-14)11-20-17(22)15(26-18(20)23)8-4-7-13-5-2-1-3-6-13/h1-10,14H,11-12H2,(H,19,21)/b7-4+,15-8-/t14-/m1/s1. The van der Waals surface area contributed by atoms with Crippen LogP contribution < -0.4 is 5.32 Å². The van der Waals surface area contributed by atoms with E-state index in [0.717, 1.165) is 27.6 Å². The van der Waals surface area contributed by atoms with Crippen LogP contribution in [0.3, 0.4) is 0 Å². The fourth-order valence-electron chi connectivity index (χ4n) is 2.52. The van der Waals surface area contributed by atoms with Crippen molar-refractivity contribution < 1.29 is 22.8 Å². The molecule has 2 heterocycles. The summed E-state index contributed by atoms with van der Waals surface area (Å²) in [5.74, 6) is -1.36. The number of carbonyl (C=O) groups is 3. The summed E-state index contributed by atoms with van der Waals surface area (Å²) in [6.07, 6.45) is 6.37. The molecule has 1 saturated heterocycles. The van der Waals surface area contributed by atoms with E-state index in [1.807, 2.05) is 30.3 Å². The number of hydrogen-bond acceptors (Lipinski definition) is 6. The van der Waals surface area contributed by atoms with Gasteiger partial charge in [-0.1, -0.05) is 42.5 Å². The van der Waals surface area contributed by atoms with Gasteiger partial charge in [0.15, 0.2) is 9.84 Å². The molecule has 2 aliphatic heterocycles. The monoisotopic (exact) mass is 404 g/mol. The molecule has 27 heavy (non-hydrogen) atoms. The lowest BCUT2D eigenvalue weighted by molar-refractivity contribution is -0.129. The van der Waals surface area contributed by atoms with Gasteiger partial charge in [-0.25, -0.2) is 8.42 Å². The van der Waals surface area contributed by atoms with Crippen LogP contribution in [0.25, 0.3) is 6.08 Å². The van der Waals surface area contributed by atoms with Crippen LogP contribution in [0.1, 0.15) is 5.56 Å². The number of nitrogens with zero attached hydrogens (tertiary/aromatic N) is 1. The summed E-state index contributed by atoms with van der Waals surface area (Å²) in [6, 6.07) is 8.82. The number of benzene rings is 1. The van der Waals surface area contributed by atoms with Gasteiger partial charge in [-0.2, -0.15) is 0 Å². The second kappa shape index (κ2) is 7.93. The number of sulfone groups is 1. The summed E-state index contributed by atoms with van der Waals surface area (Å²) in [5, 5.41) is 2.99. The van der Waals surface area contributed by atoms with Crippen molar-refractivity contribution in [3.8, 4) is 0 Å². The van der Waals surface area contributed by atoms with Gasteiger partial charge < -0.3 is 5.32 Å². The molecule has 1 atom stereocenters. The van der Waals surface area contributed by atoms with Crippen molar-refractivity contribution in [1.29, 1.82) is 0 Å². The summed E-state index contributed by atoms with van der Waals surface area (Å²) in [5.41, 5.74) is 0.951. The lowest BCUT2D eigenvalue weighted by atomic mass is 10.2. The summed E-state index contributed by atoms with van der Waals surface area (Å²) in [7, 11) is -3.30. The van der Waals surface area contributed by atoms with Crippen LogP contribution in [0.2, 0.25) is 0 Å². The van der Waals surface area contributed by atoms with Crippen molar-refractivity contribution in [2.45, 2.75) is 6.04 Å². The van der Waals surface area contributed by atoms with E-state index >= 15 is 0 Å². The summed E-state index contributed by atoms with van der Waals surface area (Å²) < 4.78 is 22.7. The smallest absolute Gasteiger partial charge is 0.294 e. The lowest BCUT2D eigenvalue weighted by Crippen LogP contribution is -2.43. The number of allylic oxidation sites excluding steroid dienone is 2. The van der Waals surface area contributed by atoms with E-state index in [-0.39, 0.29) is 10.7 Å². The highest BCUT2D eigenvalue weighted by Crippen LogP contribution is 2.30. The molecule has 0 radical (unpaired) electrons. The number of thioether (sulfide) groups is 1. The number of amides is 3. The molecule has 1 N–H and O–H groups in total. The molecule has 0 saturated carbocycles. The average molecular weight is 404 g/mol. The highest BCUT2D eigenvalue weighted by atomic mass is 32.2. The maximum atomic E-state index is 12.3. The Morgan fingerprint density at radius 3 is 2.67 bits per heavy atom. The molecule has 2 aliphatic rings. The zero-order valence-corrected chi connectivity index (χ0v) is 15.7. The Morgan fingerprint density at radius 1 is 1.26 bits per heavy atom. The van der Waals surface area contributed by atoms with Gasteiger partial charge in [0, 0.05) is 5.41 Å². The molecule has 0 unspecified atom stereocenters. The van der Waals surface area contributed by atoms with Gasteiger partial charge in [0.1, 0.15) is 6.54 Å². The first kappa shape index (κ1) is 19.1. The van der Waals surface area contributed by atoms with Crippen LogP contribution in [-0.4, -0.2) is 48.7 Å². The molecule has 0 spiro atoms. The predicted octanol–water partition coefficient (Wildman–Crippen LogP) is 1.71. The van der Waals surface area contributed by atoms with Gasteiger partial charge in [-0.05, 0) is 29.5 Å². The largest absolute Gasteiger partial charge is 0.347 e. The van der Waals surface area contributed by atoms with Gasteiger partial charge in [-0.15, -0.1) is 0 Å². The molecule has 9 heteroatoms. The molecule has 3 amide bonds. The molecule has 0 aromatic heterocycles. The molecule has 0 bridgehead atoms. The van der Waals surface area contributed by atoms with Crippen LogP contribution in [-0.2, 0) is 19.4 Å². The third-order valence-electron chi connectivity index (χ3n) is 3.79. The SMILES string of the molecule is O=C(CN1C(=O)S/C(=C\C=C\c2ccccc2)C1=O)N[C@@H]1C=CS(=O)(=O)C1. The zero-order valence-electron chi connectivity index (χ0n) is 14.1. The van der Waals surface area contributed by atoms with E-state index in [1.54, 1.807) is 12.2 Å². The summed E-state index contributed by atoms with van der Waals surface area (Å²) in [4.78, 5) is 37.4. The van der Waals surface area contributed by atoms with E-state index in [0.29, 0.717) is 0 Å². The van der Waals surface area contributed by atoms with E-state index in [2.05, 4.69) is 5.32 Å². The molecular formula is C18H16N2O5S2. The van der Waals surface area contributed by atoms with E-state index in [4.69, 9.17) is 0 Å². The van der Waals surface area contributed by atoms with Crippen molar-refractivity contribution in [2.24, 2.45) is 0 Å². The number of hydrogen-bond donors (Lipinski definition) is 1. The predicted molar refractivity (Wildman–Crippen MR) is 103 cm³/mol. The highest BCUT2D eigenvalue weighted by molar-refractivity contribution is 8.18. The Balaban J connectivity index is 1.59. The molecule has 7 nitrogen and oxygen atoms in total. The van der Waals surface area contributed by atoms with Crippen LogP contribution >= 0.6 is 11.8 Å². The Hall–Kier alpha value is -2.65. The van der Waals surface area contributed by atoms with Gasteiger partial charge in [0.2, 0.25) is 5.91 Å². The quantitative estimate of drug-likeness (QED) is 0.750. The third kappa shape index (κ3) is 4.95. The zero-order chi connectivity index (χ0) is 19.4. The van der Waals surface area contributed by atoms with E-state index < -0.39 is 39.5 Å². The van der Waals surface area contributed by atoms with Crippen LogP contribution in [0.15, 0.2) is 58.9 Å². The first-order valence-corrected chi connectivity index (χ1v) is 10.5. The third-order valence-corrected chi connectivity index (χ3v) is 6.11. The van der Waals surface area contributed by atoms with Crippen molar-refractivity contribution in [1.82, 2.24) is 10.2 Å². The van der Waals surface area contributed by atoms with Crippen LogP contribution in [0.5, 0.6) is 0 Å². The fraction of sp³-hybridized carbons (Fsp3) is 0.167. The maximum absolute atomic E-state index is 12.3. The van der Waals surface area contributed by atoms with E-state index in [1.165, 1.54) is 12.2 Å². The van der Waals surface area contributed by atoms with Crippen molar-refractivity contribution in [3.63, 3.8) is 0 Å². The minimum absolute atomic E-state index is 0.217. The summed E-state index contributed by atoms with van der Waals surface area (Å²) >= 11 is 0.759. The summed E-state index contributed by atoms with van der Waals surface area (Å²) in [6.45, 7) is -0.450. The first-order valence-electron chi connectivity index (χ1n) is 8.01. The van der Waals surface area contributed by atoms with Gasteiger partial charge in [0.05, 0.1) is 16.7 Å². The molecule has 140 valence electrons. The van der Waals surface area contributed by atoms with Gasteiger partial charge >= 0.3 is 0 Å².